The number of halogens is 1. The van der Waals surface area contributed by atoms with Crippen molar-refractivity contribution in [1.29, 1.82) is 0 Å². The maximum absolute atomic E-state index is 12.1. The first kappa shape index (κ1) is 19.4. The second-order valence-corrected chi connectivity index (χ2v) is 8.16. The SMILES string of the molecule is CC(NS(=O)(=O)c1cccs1)C(=O)NC1CCCNC1C.Cl. The summed E-state index contributed by atoms with van der Waals surface area (Å²) in [5.74, 6) is -0.296. The Morgan fingerprint density at radius 3 is 2.82 bits per heavy atom. The fourth-order valence-electron chi connectivity index (χ4n) is 2.31. The predicted molar refractivity (Wildman–Crippen MR) is 90.0 cm³/mol. The molecule has 1 aliphatic rings. The molecule has 126 valence electrons. The van der Waals surface area contributed by atoms with Crippen molar-refractivity contribution < 1.29 is 13.2 Å². The Bertz CT molecular complexity index is 577. The predicted octanol–water partition coefficient (Wildman–Crippen LogP) is 1.09. The highest BCUT2D eigenvalue weighted by atomic mass is 35.5. The van der Waals surface area contributed by atoms with Crippen LogP contribution >= 0.6 is 23.7 Å². The zero-order valence-corrected chi connectivity index (χ0v) is 15.0. The third kappa shape index (κ3) is 4.92. The maximum Gasteiger partial charge on any atom is 0.250 e. The third-order valence-electron chi connectivity index (χ3n) is 3.57. The number of hydrogen-bond donors (Lipinski definition) is 3. The standard InChI is InChI=1S/C13H21N3O3S2.ClH/c1-9-11(5-3-7-14-9)15-13(17)10(2)16-21(18,19)12-6-4-8-20-12;/h4,6,8-11,14,16H,3,5,7H2,1-2H3,(H,15,17);1H. The van der Waals surface area contributed by atoms with Gasteiger partial charge in [-0.15, -0.1) is 23.7 Å². The van der Waals surface area contributed by atoms with E-state index in [0.29, 0.717) is 0 Å². The van der Waals surface area contributed by atoms with E-state index in [1.165, 1.54) is 6.07 Å². The van der Waals surface area contributed by atoms with Gasteiger partial charge in [0, 0.05) is 12.1 Å². The van der Waals surface area contributed by atoms with Gasteiger partial charge in [-0.2, -0.15) is 4.72 Å². The molecule has 3 unspecified atom stereocenters. The van der Waals surface area contributed by atoms with Crippen LogP contribution in [0.1, 0.15) is 26.7 Å². The highest BCUT2D eigenvalue weighted by Crippen LogP contribution is 2.16. The number of thiophene rings is 1. The minimum atomic E-state index is -3.62. The number of piperidine rings is 1. The van der Waals surface area contributed by atoms with Crippen molar-refractivity contribution in [2.75, 3.05) is 6.54 Å². The zero-order valence-electron chi connectivity index (χ0n) is 12.5. The molecule has 3 atom stereocenters. The second-order valence-electron chi connectivity index (χ2n) is 5.28. The molecule has 0 aromatic carbocycles. The van der Waals surface area contributed by atoms with Crippen LogP contribution in [0, 0.1) is 0 Å². The van der Waals surface area contributed by atoms with Crippen molar-refractivity contribution in [3.05, 3.63) is 17.5 Å². The van der Waals surface area contributed by atoms with Gasteiger partial charge in [0.2, 0.25) is 5.91 Å². The molecule has 1 saturated heterocycles. The van der Waals surface area contributed by atoms with Crippen molar-refractivity contribution in [2.24, 2.45) is 0 Å². The van der Waals surface area contributed by atoms with Crippen LogP contribution < -0.4 is 15.4 Å². The quantitative estimate of drug-likeness (QED) is 0.727. The molecule has 9 heteroatoms. The molecule has 22 heavy (non-hydrogen) atoms. The maximum atomic E-state index is 12.1. The summed E-state index contributed by atoms with van der Waals surface area (Å²) in [6.45, 7) is 4.53. The molecular formula is C13H22ClN3O3S2. The Labute approximate surface area is 141 Å². The lowest BCUT2D eigenvalue weighted by Gasteiger charge is -2.31. The van der Waals surface area contributed by atoms with Crippen LogP contribution in [0.4, 0.5) is 0 Å². The van der Waals surface area contributed by atoms with Crippen LogP contribution in [0.5, 0.6) is 0 Å². The molecule has 2 rings (SSSR count). The molecule has 0 radical (unpaired) electrons. The fourth-order valence-corrected chi connectivity index (χ4v) is 4.52. The van der Waals surface area contributed by atoms with Gasteiger partial charge in [-0.05, 0) is 44.7 Å². The average Bonchev–Trinajstić information content (AvgIpc) is 2.95. The normalized spacial score (nSPS) is 23.4. The van der Waals surface area contributed by atoms with Gasteiger partial charge in [-0.25, -0.2) is 8.42 Å². The van der Waals surface area contributed by atoms with Crippen molar-refractivity contribution >= 4 is 39.7 Å². The van der Waals surface area contributed by atoms with Gasteiger partial charge >= 0.3 is 0 Å². The lowest BCUT2D eigenvalue weighted by atomic mass is 9.99. The van der Waals surface area contributed by atoms with E-state index in [9.17, 15) is 13.2 Å². The molecule has 6 nitrogen and oxygen atoms in total. The average molecular weight is 368 g/mol. The summed E-state index contributed by atoms with van der Waals surface area (Å²) in [5.41, 5.74) is 0. The van der Waals surface area contributed by atoms with Gasteiger partial charge in [-0.1, -0.05) is 6.07 Å². The highest BCUT2D eigenvalue weighted by Gasteiger charge is 2.27. The number of carbonyl (C=O) groups is 1. The Morgan fingerprint density at radius 2 is 2.23 bits per heavy atom. The lowest BCUT2D eigenvalue weighted by Crippen LogP contribution is -2.55. The summed E-state index contributed by atoms with van der Waals surface area (Å²) in [5, 5.41) is 7.90. The molecule has 0 saturated carbocycles. The molecule has 1 aromatic heterocycles. The number of hydrogen-bond acceptors (Lipinski definition) is 5. The van der Waals surface area contributed by atoms with E-state index in [-0.39, 0.29) is 34.6 Å². The van der Waals surface area contributed by atoms with Gasteiger partial charge in [0.05, 0.1) is 6.04 Å². The lowest BCUT2D eigenvalue weighted by molar-refractivity contribution is -0.123. The highest BCUT2D eigenvalue weighted by molar-refractivity contribution is 7.91. The monoisotopic (exact) mass is 367 g/mol. The molecule has 1 aliphatic heterocycles. The Morgan fingerprint density at radius 1 is 1.50 bits per heavy atom. The second kappa shape index (κ2) is 8.26. The first-order valence-corrected chi connectivity index (χ1v) is 9.36. The molecule has 2 heterocycles. The van der Waals surface area contributed by atoms with Gasteiger partial charge < -0.3 is 10.6 Å². The smallest absolute Gasteiger partial charge is 0.250 e. The summed E-state index contributed by atoms with van der Waals surface area (Å²) in [6, 6.07) is 2.62. The molecule has 0 aliphatic carbocycles. The Hall–Kier alpha value is -0.670. The van der Waals surface area contributed by atoms with E-state index >= 15 is 0 Å². The minimum absolute atomic E-state index is 0. The zero-order chi connectivity index (χ0) is 15.5. The van der Waals surface area contributed by atoms with Crippen molar-refractivity contribution in [2.45, 2.75) is 49.0 Å². The van der Waals surface area contributed by atoms with Crippen LogP contribution in [-0.2, 0) is 14.8 Å². The molecule has 1 aromatic rings. The molecule has 1 amide bonds. The molecule has 0 spiro atoms. The van der Waals surface area contributed by atoms with E-state index in [1.54, 1.807) is 18.4 Å². The number of nitrogens with one attached hydrogen (secondary N) is 3. The third-order valence-corrected chi connectivity index (χ3v) is 6.51. The first-order valence-electron chi connectivity index (χ1n) is 7.00. The fraction of sp³-hybridized carbons (Fsp3) is 0.615. The molecular weight excluding hydrogens is 346 g/mol. The van der Waals surface area contributed by atoms with E-state index in [4.69, 9.17) is 0 Å². The molecule has 0 bridgehead atoms. The van der Waals surface area contributed by atoms with Gasteiger partial charge in [0.1, 0.15) is 4.21 Å². The topological polar surface area (TPSA) is 87.3 Å². The van der Waals surface area contributed by atoms with E-state index in [0.717, 1.165) is 30.7 Å². The van der Waals surface area contributed by atoms with Crippen molar-refractivity contribution in [1.82, 2.24) is 15.4 Å². The van der Waals surface area contributed by atoms with Crippen molar-refractivity contribution in [3.63, 3.8) is 0 Å². The van der Waals surface area contributed by atoms with E-state index < -0.39 is 16.1 Å². The number of carbonyl (C=O) groups excluding carboxylic acids is 1. The summed E-state index contributed by atoms with van der Waals surface area (Å²) in [6.07, 6.45) is 1.91. The van der Waals surface area contributed by atoms with Gasteiger partial charge in [0.15, 0.2) is 0 Å². The van der Waals surface area contributed by atoms with Crippen LogP contribution in [0.3, 0.4) is 0 Å². The summed E-state index contributed by atoms with van der Waals surface area (Å²) < 4.78 is 26.8. The van der Waals surface area contributed by atoms with Gasteiger partial charge in [-0.3, -0.25) is 4.79 Å². The summed E-state index contributed by atoms with van der Waals surface area (Å²) >= 11 is 1.13. The van der Waals surface area contributed by atoms with Crippen LogP contribution in [0.25, 0.3) is 0 Å². The molecule has 1 fully saturated rings. The number of amides is 1. The Balaban J connectivity index is 0.00000242. The number of rotatable bonds is 5. The van der Waals surface area contributed by atoms with Crippen LogP contribution in [0.15, 0.2) is 21.7 Å². The Kier molecular flexibility index (Phi) is 7.27. The van der Waals surface area contributed by atoms with Gasteiger partial charge in [0.25, 0.3) is 10.0 Å². The van der Waals surface area contributed by atoms with Crippen LogP contribution in [-0.4, -0.2) is 39.0 Å². The largest absolute Gasteiger partial charge is 0.350 e. The summed E-state index contributed by atoms with van der Waals surface area (Å²) in [7, 11) is -3.62. The van der Waals surface area contributed by atoms with Crippen LogP contribution in [0.2, 0.25) is 0 Å². The first-order chi connectivity index (χ1) is 9.90. The van der Waals surface area contributed by atoms with E-state index in [1.807, 2.05) is 6.92 Å². The minimum Gasteiger partial charge on any atom is -0.350 e. The number of sulfonamides is 1. The summed E-state index contributed by atoms with van der Waals surface area (Å²) in [4.78, 5) is 12.1. The van der Waals surface area contributed by atoms with E-state index in [2.05, 4.69) is 15.4 Å². The van der Waals surface area contributed by atoms with Crippen molar-refractivity contribution in [3.8, 4) is 0 Å². The molecule has 3 N–H and O–H groups in total.